The summed E-state index contributed by atoms with van der Waals surface area (Å²) < 4.78 is 44.5. The number of hydrogen-bond acceptors (Lipinski definition) is 2. The van der Waals surface area contributed by atoms with Gasteiger partial charge in [0.15, 0.2) is 0 Å². The molecule has 0 saturated heterocycles. The van der Waals surface area contributed by atoms with Crippen molar-refractivity contribution < 1.29 is 22.7 Å². The first-order valence-corrected chi connectivity index (χ1v) is 10.8. The van der Waals surface area contributed by atoms with Crippen molar-refractivity contribution in [1.29, 1.82) is 0 Å². The largest absolute Gasteiger partial charge is 0.449 e. The van der Waals surface area contributed by atoms with Gasteiger partial charge in [-0.25, -0.2) is 4.79 Å². The van der Waals surface area contributed by atoms with Gasteiger partial charge in [-0.3, -0.25) is 0 Å². The highest BCUT2D eigenvalue weighted by molar-refractivity contribution is 5.79. The number of amides is 1. The van der Waals surface area contributed by atoms with Crippen LogP contribution in [0.1, 0.15) is 40.2 Å². The van der Waals surface area contributed by atoms with Crippen LogP contribution in [0, 0.1) is 6.92 Å². The minimum Gasteiger partial charge on any atom is -0.449 e. The van der Waals surface area contributed by atoms with Crippen LogP contribution in [0.4, 0.5) is 18.0 Å². The van der Waals surface area contributed by atoms with Crippen LogP contribution in [0.2, 0.25) is 0 Å². The molecule has 0 fully saturated rings. The summed E-state index contributed by atoms with van der Waals surface area (Å²) in [5.74, 6) is -0.00703. The lowest BCUT2D eigenvalue weighted by Gasteiger charge is -2.14. The van der Waals surface area contributed by atoms with E-state index in [9.17, 15) is 18.0 Å². The van der Waals surface area contributed by atoms with Crippen LogP contribution in [0.3, 0.4) is 0 Å². The second-order valence-corrected chi connectivity index (χ2v) is 8.02. The maximum atomic E-state index is 13.0. The summed E-state index contributed by atoms with van der Waals surface area (Å²) in [6.45, 7) is 2.00. The number of aryl methyl sites for hydroxylation is 1. The second kappa shape index (κ2) is 9.53. The predicted octanol–water partition coefficient (Wildman–Crippen LogP) is 6.96. The third-order valence-corrected chi connectivity index (χ3v) is 5.80. The van der Waals surface area contributed by atoms with E-state index in [0.717, 1.165) is 28.3 Å². The van der Waals surface area contributed by atoms with Gasteiger partial charge >= 0.3 is 12.3 Å². The number of fused-ring (bicyclic) bond motifs is 3. The van der Waals surface area contributed by atoms with E-state index in [-0.39, 0.29) is 18.1 Å². The fraction of sp³-hybridized carbons (Fsp3) is 0.222. The van der Waals surface area contributed by atoms with E-state index in [2.05, 4.69) is 29.6 Å². The summed E-state index contributed by atoms with van der Waals surface area (Å²) in [6.07, 6.45) is -1.07. The van der Waals surface area contributed by atoms with Crippen molar-refractivity contribution in [1.82, 2.24) is 5.32 Å². The number of ether oxygens (including phenoxy) is 1. The fourth-order valence-electron chi connectivity index (χ4n) is 4.18. The number of carbonyl (C=O) groups is 1. The molecule has 0 heterocycles. The van der Waals surface area contributed by atoms with E-state index in [1.54, 1.807) is 18.2 Å². The molecule has 3 nitrogen and oxygen atoms in total. The van der Waals surface area contributed by atoms with Crippen LogP contribution in [0.25, 0.3) is 17.2 Å². The molecular weight excluding hydrogens is 427 g/mol. The SMILES string of the molecule is Cc1ccc(C=CCCNC(=O)OCC2c3ccccc3-c3ccccc32)cc1C(F)(F)F. The topological polar surface area (TPSA) is 38.3 Å². The molecule has 1 N–H and O–H groups in total. The third kappa shape index (κ3) is 5.11. The molecule has 0 saturated carbocycles. The van der Waals surface area contributed by atoms with E-state index < -0.39 is 17.8 Å². The number of hydrogen-bond donors (Lipinski definition) is 1. The summed E-state index contributed by atoms with van der Waals surface area (Å²) >= 11 is 0. The number of alkyl halides is 3. The van der Waals surface area contributed by atoms with Crippen LogP contribution in [-0.4, -0.2) is 19.2 Å². The summed E-state index contributed by atoms with van der Waals surface area (Å²) in [4.78, 5) is 12.2. The number of alkyl carbamates (subject to hydrolysis) is 1. The Hall–Kier alpha value is -3.54. The van der Waals surface area contributed by atoms with Gasteiger partial charge in [-0.05, 0) is 52.8 Å². The molecule has 1 aliphatic carbocycles. The average molecular weight is 451 g/mol. The zero-order chi connectivity index (χ0) is 23.4. The first-order valence-electron chi connectivity index (χ1n) is 10.8. The molecule has 6 heteroatoms. The molecule has 170 valence electrons. The smallest absolute Gasteiger partial charge is 0.416 e. The lowest BCUT2D eigenvalue weighted by molar-refractivity contribution is -0.138. The molecule has 0 unspecified atom stereocenters. The predicted molar refractivity (Wildman–Crippen MR) is 123 cm³/mol. The van der Waals surface area contributed by atoms with Crippen LogP contribution in [0.5, 0.6) is 0 Å². The monoisotopic (exact) mass is 451 g/mol. The standard InChI is InChI=1S/C27H24F3NO2/c1-18-13-14-19(16-25(18)27(28,29)30)8-6-7-15-31-26(32)33-17-24-22-11-4-2-9-20(22)21-10-3-5-12-23(21)24/h2-6,8-14,16,24H,7,15,17H2,1H3,(H,31,32). The van der Waals surface area contributed by atoms with Crippen LogP contribution in [-0.2, 0) is 10.9 Å². The first kappa shape index (κ1) is 22.6. The van der Waals surface area contributed by atoms with Gasteiger partial charge in [0.1, 0.15) is 6.61 Å². The second-order valence-electron chi connectivity index (χ2n) is 8.02. The lowest BCUT2D eigenvalue weighted by atomic mass is 9.98. The van der Waals surface area contributed by atoms with E-state index in [1.165, 1.54) is 13.0 Å². The average Bonchev–Trinajstić information content (AvgIpc) is 3.11. The minimum atomic E-state index is -4.38. The van der Waals surface area contributed by atoms with Crippen molar-refractivity contribution in [3.05, 3.63) is 101 Å². The van der Waals surface area contributed by atoms with Crippen molar-refractivity contribution in [3.63, 3.8) is 0 Å². The van der Waals surface area contributed by atoms with E-state index in [0.29, 0.717) is 18.5 Å². The van der Waals surface area contributed by atoms with Gasteiger partial charge in [0.05, 0.1) is 5.56 Å². The Morgan fingerprint density at radius 1 is 1.00 bits per heavy atom. The molecule has 0 bridgehead atoms. The van der Waals surface area contributed by atoms with Gasteiger partial charge in [0.2, 0.25) is 0 Å². The van der Waals surface area contributed by atoms with Gasteiger partial charge in [0, 0.05) is 12.5 Å². The van der Waals surface area contributed by atoms with E-state index in [4.69, 9.17) is 4.74 Å². The highest BCUT2D eigenvalue weighted by Gasteiger charge is 2.32. The zero-order valence-electron chi connectivity index (χ0n) is 18.2. The van der Waals surface area contributed by atoms with Crippen LogP contribution < -0.4 is 5.32 Å². The lowest BCUT2D eigenvalue weighted by Crippen LogP contribution is -2.26. The number of carbonyl (C=O) groups excluding carboxylic acids is 1. The Morgan fingerprint density at radius 2 is 1.64 bits per heavy atom. The van der Waals surface area contributed by atoms with Crippen molar-refractivity contribution in [3.8, 4) is 11.1 Å². The Labute approximate surface area is 190 Å². The Morgan fingerprint density at radius 3 is 2.27 bits per heavy atom. The summed E-state index contributed by atoms with van der Waals surface area (Å²) in [5.41, 5.74) is 4.64. The van der Waals surface area contributed by atoms with Crippen molar-refractivity contribution >= 4 is 12.2 Å². The maximum absolute atomic E-state index is 13.0. The molecule has 0 atom stereocenters. The molecule has 1 amide bonds. The highest BCUT2D eigenvalue weighted by atomic mass is 19.4. The summed E-state index contributed by atoms with van der Waals surface area (Å²) in [5, 5.41) is 2.69. The van der Waals surface area contributed by atoms with Gasteiger partial charge in [-0.2, -0.15) is 13.2 Å². The zero-order valence-corrected chi connectivity index (χ0v) is 18.2. The molecule has 1 aliphatic rings. The van der Waals surface area contributed by atoms with Gasteiger partial charge in [0.25, 0.3) is 0 Å². The Balaban J connectivity index is 1.27. The summed E-state index contributed by atoms with van der Waals surface area (Å²) in [6, 6.07) is 20.5. The number of rotatable bonds is 6. The van der Waals surface area contributed by atoms with E-state index in [1.807, 2.05) is 24.3 Å². The molecule has 0 aliphatic heterocycles. The Bertz CT molecular complexity index is 1140. The van der Waals surface area contributed by atoms with Crippen molar-refractivity contribution in [2.75, 3.05) is 13.2 Å². The third-order valence-electron chi connectivity index (χ3n) is 5.80. The quantitative estimate of drug-likeness (QED) is 0.412. The molecule has 0 aromatic heterocycles. The van der Waals surface area contributed by atoms with Gasteiger partial charge in [-0.15, -0.1) is 0 Å². The van der Waals surface area contributed by atoms with E-state index >= 15 is 0 Å². The molecule has 33 heavy (non-hydrogen) atoms. The van der Waals surface area contributed by atoms with Crippen molar-refractivity contribution in [2.45, 2.75) is 25.4 Å². The molecule has 4 rings (SSSR count). The first-order chi connectivity index (χ1) is 15.8. The Kier molecular flexibility index (Phi) is 6.54. The van der Waals surface area contributed by atoms with Gasteiger partial charge in [-0.1, -0.05) is 72.8 Å². The molecular formula is C27H24F3NO2. The fourth-order valence-corrected chi connectivity index (χ4v) is 4.18. The highest BCUT2D eigenvalue weighted by Crippen LogP contribution is 2.44. The summed E-state index contributed by atoms with van der Waals surface area (Å²) in [7, 11) is 0. The molecule has 3 aromatic rings. The van der Waals surface area contributed by atoms with Crippen LogP contribution in [0.15, 0.2) is 72.8 Å². The molecule has 3 aromatic carbocycles. The minimum absolute atomic E-state index is 0.00703. The van der Waals surface area contributed by atoms with Crippen molar-refractivity contribution in [2.24, 2.45) is 0 Å². The molecule has 0 radical (unpaired) electrons. The number of halogens is 3. The van der Waals surface area contributed by atoms with Gasteiger partial charge < -0.3 is 10.1 Å². The maximum Gasteiger partial charge on any atom is 0.416 e. The number of nitrogens with one attached hydrogen (secondary N) is 1. The normalized spacial score (nSPS) is 13.1. The molecule has 0 spiro atoms. The van der Waals surface area contributed by atoms with Crippen LogP contribution >= 0.6 is 0 Å². The number of benzene rings is 3.